The Balaban J connectivity index is 2.48. The van der Waals surface area contributed by atoms with Crippen molar-refractivity contribution in [2.24, 2.45) is 0 Å². The van der Waals surface area contributed by atoms with Crippen LogP contribution < -0.4 is 0 Å². The van der Waals surface area contributed by atoms with Gasteiger partial charge in [0.1, 0.15) is 0 Å². The molecule has 0 aliphatic carbocycles. The van der Waals surface area contributed by atoms with Crippen molar-refractivity contribution >= 4 is 22.7 Å². The molecule has 0 fully saturated rings. The maximum absolute atomic E-state index is 4.17. The summed E-state index contributed by atoms with van der Waals surface area (Å²) in [4.78, 5) is 5.36. The van der Waals surface area contributed by atoms with Gasteiger partial charge < -0.3 is 0 Å². The first-order chi connectivity index (χ1) is 4.97. The number of rotatable bonds is 1. The first-order valence-corrected chi connectivity index (χ1v) is 4.57. The van der Waals surface area contributed by atoms with Crippen LogP contribution in [0.5, 0.6) is 0 Å². The minimum absolute atomic E-state index is 1.07. The van der Waals surface area contributed by atoms with Crippen LogP contribution >= 0.6 is 22.7 Å². The van der Waals surface area contributed by atoms with Gasteiger partial charge >= 0.3 is 0 Å². The van der Waals surface area contributed by atoms with Crippen LogP contribution in [0.25, 0.3) is 10.6 Å². The Morgan fingerprint density at radius 2 is 2.50 bits per heavy atom. The van der Waals surface area contributed by atoms with Crippen LogP contribution in [0.3, 0.4) is 0 Å². The van der Waals surface area contributed by atoms with Gasteiger partial charge in [0.25, 0.3) is 0 Å². The Morgan fingerprint density at radius 3 is 3.10 bits per heavy atom. The van der Waals surface area contributed by atoms with E-state index in [1.165, 1.54) is 4.88 Å². The zero-order chi connectivity index (χ0) is 6.81. The molecule has 10 heavy (non-hydrogen) atoms. The molecule has 1 radical (unpaired) electrons. The Bertz CT molecular complexity index is 251. The summed E-state index contributed by atoms with van der Waals surface area (Å²) in [6, 6.07) is 3.94. The summed E-state index contributed by atoms with van der Waals surface area (Å²) in [6.07, 6.45) is 0. The van der Waals surface area contributed by atoms with Gasteiger partial charge in [0, 0.05) is 10.8 Å². The first kappa shape index (κ1) is 6.07. The van der Waals surface area contributed by atoms with Gasteiger partial charge in [0.05, 0.1) is 16.1 Å². The number of aromatic nitrogens is 1. The summed E-state index contributed by atoms with van der Waals surface area (Å²) in [7, 11) is 0. The topological polar surface area (TPSA) is 12.9 Å². The van der Waals surface area contributed by atoms with E-state index in [1.54, 1.807) is 22.7 Å². The van der Waals surface area contributed by atoms with Crippen LogP contribution in [0.1, 0.15) is 0 Å². The van der Waals surface area contributed by atoms with E-state index in [4.69, 9.17) is 0 Å². The lowest BCUT2D eigenvalue weighted by Gasteiger charge is -1.83. The van der Waals surface area contributed by atoms with E-state index in [2.05, 4.69) is 10.4 Å². The Morgan fingerprint density at radius 1 is 1.50 bits per heavy atom. The number of thiophene rings is 1. The molecule has 0 N–H and O–H groups in total. The average molecular weight is 166 g/mol. The van der Waals surface area contributed by atoms with Crippen LogP contribution in [-0.4, -0.2) is 4.98 Å². The van der Waals surface area contributed by atoms with Crippen molar-refractivity contribution in [1.29, 1.82) is 0 Å². The third kappa shape index (κ3) is 0.978. The minimum Gasteiger partial charge on any atom is -0.244 e. The van der Waals surface area contributed by atoms with E-state index in [1.807, 2.05) is 23.0 Å². The van der Waals surface area contributed by atoms with Crippen molar-refractivity contribution < 1.29 is 0 Å². The lowest BCUT2D eigenvalue weighted by atomic mass is 10.4. The largest absolute Gasteiger partial charge is 0.244 e. The van der Waals surface area contributed by atoms with E-state index in [0.717, 1.165) is 5.69 Å². The normalized spacial score (nSPS) is 10.0. The fourth-order valence-electron chi connectivity index (χ4n) is 0.713. The molecular weight excluding hydrogens is 162 g/mol. The maximum atomic E-state index is 4.17. The summed E-state index contributed by atoms with van der Waals surface area (Å²) in [5.74, 6) is 0. The number of hydrogen-bond donors (Lipinski definition) is 0. The Hall–Kier alpha value is -0.670. The predicted octanol–water partition coefficient (Wildman–Crippen LogP) is 2.67. The number of hydrogen-bond acceptors (Lipinski definition) is 3. The van der Waals surface area contributed by atoms with E-state index < -0.39 is 0 Å². The molecule has 0 aliphatic rings. The zero-order valence-electron chi connectivity index (χ0n) is 5.07. The average Bonchev–Trinajstić information content (AvgIpc) is 2.59. The second-order valence-electron chi connectivity index (χ2n) is 1.79. The van der Waals surface area contributed by atoms with Crippen molar-refractivity contribution in [3.8, 4) is 10.6 Å². The highest BCUT2D eigenvalue weighted by Gasteiger charge is 1.97. The Labute approximate surface area is 67.0 Å². The molecule has 0 amide bonds. The van der Waals surface area contributed by atoms with Crippen molar-refractivity contribution in [2.75, 3.05) is 0 Å². The van der Waals surface area contributed by atoms with Crippen LogP contribution in [-0.2, 0) is 0 Å². The minimum atomic E-state index is 1.07. The second kappa shape index (κ2) is 2.52. The molecule has 0 saturated heterocycles. The fraction of sp³-hybridized carbons (Fsp3) is 0. The molecule has 49 valence electrons. The molecule has 2 aromatic rings. The van der Waals surface area contributed by atoms with E-state index in [0.29, 0.717) is 0 Å². The summed E-state index contributed by atoms with van der Waals surface area (Å²) in [6.45, 7) is 0. The molecular formula is C7H4NS2. The zero-order valence-corrected chi connectivity index (χ0v) is 6.71. The van der Waals surface area contributed by atoms with Gasteiger partial charge in [-0.25, -0.2) is 4.98 Å². The molecule has 2 heterocycles. The van der Waals surface area contributed by atoms with E-state index >= 15 is 0 Å². The van der Waals surface area contributed by atoms with Gasteiger partial charge in [0.15, 0.2) is 0 Å². The van der Waals surface area contributed by atoms with Crippen LogP contribution in [0, 0.1) is 5.38 Å². The molecule has 2 rings (SSSR count). The third-order valence-corrected chi connectivity index (χ3v) is 2.56. The molecule has 3 heteroatoms. The second-order valence-corrected chi connectivity index (χ2v) is 3.39. The maximum Gasteiger partial charge on any atom is 0.0911 e. The monoisotopic (exact) mass is 166 g/mol. The molecule has 0 aromatic carbocycles. The van der Waals surface area contributed by atoms with Crippen LogP contribution in [0.4, 0.5) is 0 Å². The molecule has 2 aromatic heterocycles. The molecule has 0 bridgehead atoms. The highest BCUT2D eigenvalue weighted by atomic mass is 32.1. The van der Waals surface area contributed by atoms with Gasteiger partial charge in [0.2, 0.25) is 0 Å². The quantitative estimate of drug-likeness (QED) is 0.634. The van der Waals surface area contributed by atoms with Crippen molar-refractivity contribution in [2.45, 2.75) is 0 Å². The molecule has 0 saturated carbocycles. The van der Waals surface area contributed by atoms with E-state index in [9.17, 15) is 0 Å². The predicted molar refractivity (Wildman–Crippen MR) is 44.3 cm³/mol. The summed E-state index contributed by atoms with van der Waals surface area (Å²) < 4.78 is 0. The first-order valence-electron chi connectivity index (χ1n) is 2.81. The molecule has 1 nitrogen and oxygen atoms in total. The third-order valence-electron chi connectivity index (χ3n) is 1.16. The van der Waals surface area contributed by atoms with Crippen molar-refractivity contribution in [3.05, 3.63) is 28.4 Å². The van der Waals surface area contributed by atoms with Gasteiger partial charge in [-0.1, -0.05) is 0 Å². The smallest absolute Gasteiger partial charge is 0.0911 e. The molecule has 0 aliphatic heterocycles. The Kier molecular flexibility index (Phi) is 1.53. The fourth-order valence-corrected chi connectivity index (χ4v) is 1.96. The van der Waals surface area contributed by atoms with Gasteiger partial charge in [-0.3, -0.25) is 0 Å². The van der Waals surface area contributed by atoms with Crippen LogP contribution in [0.2, 0.25) is 0 Å². The van der Waals surface area contributed by atoms with Gasteiger partial charge in [-0.05, 0) is 12.1 Å². The summed E-state index contributed by atoms with van der Waals surface area (Å²) in [5.41, 5.74) is 2.91. The highest BCUT2D eigenvalue weighted by Crippen LogP contribution is 2.22. The lowest BCUT2D eigenvalue weighted by molar-refractivity contribution is 1.43. The van der Waals surface area contributed by atoms with E-state index in [-0.39, 0.29) is 0 Å². The number of thiazole rings is 1. The standard InChI is InChI=1S/C7H4NS2/c1-2-7(10-3-1)6-4-9-5-8-6/h1-2,4-5H. The SMILES string of the molecule is [c]1ccc(-c2cscn2)s1. The summed E-state index contributed by atoms with van der Waals surface area (Å²) >= 11 is 3.22. The molecule has 0 spiro atoms. The van der Waals surface area contributed by atoms with Crippen molar-refractivity contribution in [3.63, 3.8) is 0 Å². The summed E-state index contributed by atoms with van der Waals surface area (Å²) in [5, 5.41) is 5.07. The highest BCUT2D eigenvalue weighted by molar-refractivity contribution is 7.13. The molecule has 0 unspecified atom stereocenters. The van der Waals surface area contributed by atoms with Gasteiger partial charge in [-0.15, -0.1) is 22.7 Å². The van der Waals surface area contributed by atoms with Crippen LogP contribution in [0.15, 0.2) is 23.0 Å². The van der Waals surface area contributed by atoms with Gasteiger partial charge in [-0.2, -0.15) is 0 Å². The van der Waals surface area contributed by atoms with Crippen molar-refractivity contribution in [1.82, 2.24) is 4.98 Å². The number of nitrogens with zero attached hydrogens (tertiary/aromatic N) is 1. The molecule has 0 atom stereocenters. The lowest BCUT2D eigenvalue weighted by Crippen LogP contribution is -1.65.